The van der Waals surface area contributed by atoms with Gasteiger partial charge < -0.3 is 5.32 Å². The van der Waals surface area contributed by atoms with Crippen LogP contribution in [-0.2, 0) is 13.6 Å². The Bertz CT molecular complexity index is 302. The van der Waals surface area contributed by atoms with Crippen molar-refractivity contribution in [2.24, 2.45) is 13.0 Å². The van der Waals surface area contributed by atoms with Gasteiger partial charge in [0.25, 0.3) is 0 Å². The Balaban J connectivity index is 1.74. The van der Waals surface area contributed by atoms with Crippen LogP contribution in [0.15, 0.2) is 12.3 Å². The van der Waals surface area contributed by atoms with Gasteiger partial charge in [-0.1, -0.05) is 19.8 Å². The van der Waals surface area contributed by atoms with Crippen LogP contribution in [0.25, 0.3) is 0 Å². The third-order valence-electron chi connectivity index (χ3n) is 3.15. The van der Waals surface area contributed by atoms with Gasteiger partial charge in [0, 0.05) is 25.8 Å². The van der Waals surface area contributed by atoms with E-state index in [1.165, 1.54) is 25.7 Å². The molecule has 0 aromatic carbocycles. The van der Waals surface area contributed by atoms with E-state index in [0.717, 1.165) is 18.2 Å². The minimum atomic E-state index is 0.680. The van der Waals surface area contributed by atoms with Crippen molar-refractivity contribution in [2.45, 2.75) is 45.2 Å². The molecule has 1 saturated carbocycles. The Hall–Kier alpha value is -0.830. The van der Waals surface area contributed by atoms with Gasteiger partial charge in [-0.2, -0.15) is 5.10 Å². The molecule has 1 aliphatic carbocycles. The first kappa shape index (κ1) is 10.7. The molecule has 84 valence electrons. The summed E-state index contributed by atoms with van der Waals surface area (Å²) in [7, 11) is 1.96. The van der Waals surface area contributed by atoms with Crippen LogP contribution in [0.5, 0.6) is 0 Å². The van der Waals surface area contributed by atoms with Gasteiger partial charge in [-0.25, -0.2) is 0 Å². The lowest BCUT2D eigenvalue weighted by molar-refractivity contribution is 0.441. The summed E-state index contributed by atoms with van der Waals surface area (Å²) >= 11 is 0. The van der Waals surface area contributed by atoms with Crippen LogP contribution in [0.2, 0.25) is 0 Å². The summed E-state index contributed by atoms with van der Waals surface area (Å²) in [5.74, 6) is 1.01. The zero-order chi connectivity index (χ0) is 10.7. The largest absolute Gasteiger partial charge is 0.308 e. The van der Waals surface area contributed by atoms with E-state index >= 15 is 0 Å². The van der Waals surface area contributed by atoms with E-state index in [2.05, 4.69) is 23.4 Å². The average molecular weight is 207 g/mol. The SMILES string of the molecule is CCC(CC1CC1)NCc1ccn(C)n1. The number of aryl methyl sites for hydroxylation is 1. The molecule has 0 spiro atoms. The minimum absolute atomic E-state index is 0.680. The highest BCUT2D eigenvalue weighted by Crippen LogP contribution is 2.34. The van der Waals surface area contributed by atoms with Gasteiger partial charge in [0.05, 0.1) is 5.69 Å². The first-order valence-electron chi connectivity index (χ1n) is 6.00. The molecule has 1 unspecified atom stereocenters. The van der Waals surface area contributed by atoms with E-state index in [1.807, 2.05) is 17.9 Å². The normalized spacial score (nSPS) is 18.0. The van der Waals surface area contributed by atoms with Crippen LogP contribution < -0.4 is 5.32 Å². The van der Waals surface area contributed by atoms with E-state index < -0.39 is 0 Å². The fraction of sp³-hybridized carbons (Fsp3) is 0.750. The average Bonchev–Trinajstić information content (AvgIpc) is 2.95. The number of nitrogens with one attached hydrogen (secondary N) is 1. The summed E-state index contributed by atoms with van der Waals surface area (Å²) in [4.78, 5) is 0. The molecule has 2 rings (SSSR count). The maximum Gasteiger partial charge on any atom is 0.0762 e. The summed E-state index contributed by atoms with van der Waals surface area (Å²) in [5, 5.41) is 7.96. The fourth-order valence-electron chi connectivity index (χ4n) is 1.96. The Kier molecular flexibility index (Phi) is 3.41. The summed E-state index contributed by atoms with van der Waals surface area (Å²) in [6.07, 6.45) is 7.47. The molecule has 1 N–H and O–H groups in total. The molecule has 0 saturated heterocycles. The van der Waals surface area contributed by atoms with Crippen molar-refractivity contribution < 1.29 is 0 Å². The molecule has 0 radical (unpaired) electrons. The van der Waals surface area contributed by atoms with Crippen molar-refractivity contribution in [3.8, 4) is 0 Å². The molecule has 0 bridgehead atoms. The zero-order valence-electron chi connectivity index (χ0n) is 9.74. The molecule has 1 heterocycles. The molecular weight excluding hydrogens is 186 g/mol. The second-order valence-electron chi connectivity index (χ2n) is 4.65. The van der Waals surface area contributed by atoms with Gasteiger partial charge in [0.2, 0.25) is 0 Å². The quantitative estimate of drug-likeness (QED) is 0.774. The lowest BCUT2D eigenvalue weighted by Crippen LogP contribution is -2.28. The van der Waals surface area contributed by atoms with Gasteiger partial charge >= 0.3 is 0 Å². The van der Waals surface area contributed by atoms with Gasteiger partial charge in [0.1, 0.15) is 0 Å². The first-order valence-corrected chi connectivity index (χ1v) is 6.00. The first-order chi connectivity index (χ1) is 7.28. The van der Waals surface area contributed by atoms with Gasteiger partial charge in [-0.15, -0.1) is 0 Å². The van der Waals surface area contributed by atoms with E-state index in [4.69, 9.17) is 0 Å². The van der Waals surface area contributed by atoms with E-state index in [1.54, 1.807) is 0 Å². The number of aromatic nitrogens is 2. The van der Waals surface area contributed by atoms with Crippen molar-refractivity contribution in [3.63, 3.8) is 0 Å². The van der Waals surface area contributed by atoms with Crippen molar-refractivity contribution in [1.82, 2.24) is 15.1 Å². The van der Waals surface area contributed by atoms with E-state index in [-0.39, 0.29) is 0 Å². The monoisotopic (exact) mass is 207 g/mol. The molecule has 1 aliphatic rings. The van der Waals surface area contributed by atoms with E-state index in [0.29, 0.717) is 6.04 Å². The lowest BCUT2D eigenvalue weighted by Gasteiger charge is -2.15. The second kappa shape index (κ2) is 4.79. The Morgan fingerprint density at radius 2 is 2.40 bits per heavy atom. The molecule has 3 heteroatoms. The number of rotatable bonds is 6. The fourth-order valence-corrected chi connectivity index (χ4v) is 1.96. The summed E-state index contributed by atoms with van der Waals surface area (Å²) in [6, 6.07) is 2.76. The van der Waals surface area contributed by atoms with Crippen LogP contribution in [0.3, 0.4) is 0 Å². The number of nitrogens with zero attached hydrogens (tertiary/aromatic N) is 2. The van der Waals surface area contributed by atoms with Crippen molar-refractivity contribution in [1.29, 1.82) is 0 Å². The van der Waals surface area contributed by atoms with E-state index in [9.17, 15) is 0 Å². The van der Waals surface area contributed by atoms with Crippen LogP contribution in [-0.4, -0.2) is 15.8 Å². The summed E-state index contributed by atoms with van der Waals surface area (Å²) in [6.45, 7) is 3.17. The molecule has 1 aromatic heterocycles. The van der Waals surface area contributed by atoms with Crippen molar-refractivity contribution in [2.75, 3.05) is 0 Å². The molecule has 1 aromatic rings. The topological polar surface area (TPSA) is 29.9 Å². The Morgan fingerprint density at radius 3 is 2.93 bits per heavy atom. The van der Waals surface area contributed by atoms with Gasteiger partial charge in [0.15, 0.2) is 0 Å². The van der Waals surface area contributed by atoms with Crippen LogP contribution >= 0.6 is 0 Å². The van der Waals surface area contributed by atoms with Crippen LogP contribution in [0.1, 0.15) is 38.3 Å². The Morgan fingerprint density at radius 1 is 1.60 bits per heavy atom. The maximum absolute atomic E-state index is 4.37. The van der Waals surface area contributed by atoms with Crippen LogP contribution in [0, 0.1) is 5.92 Å². The predicted octanol–water partition coefficient (Wildman–Crippen LogP) is 2.09. The molecule has 0 aliphatic heterocycles. The van der Waals surface area contributed by atoms with Crippen molar-refractivity contribution in [3.05, 3.63) is 18.0 Å². The third kappa shape index (κ3) is 3.34. The molecule has 3 nitrogen and oxygen atoms in total. The number of hydrogen-bond donors (Lipinski definition) is 1. The standard InChI is InChI=1S/C12H21N3/c1-3-11(8-10-4-5-10)13-9-12-6-7-15(2)14-12/h6-7,10-11,13H,3-5,8-9H2,1-2H3. The summed E-state index contributed by atoms with van der Waals surface area (Å²) in [5.41, 5.74) is 1.15. The van der Waals surface area contributed by atoms with Gasteiger partial charge in [-0.05, 0) is 24.8 Å². The number of hydrogen-bond acceptors (Lipinski definition) is 2. The second-order valence-corrected chi connectivity index (χ2v) is 4.65. The molecule has 15 heavy (non-hydrogen) atoms. The predicted molar refractivity (Wildman–Crippen MR) is 61.5 cm³/mol. The smallest absolute Gasteiger partial charge is 0.0762 e. The highest BCUT2D eigenvalue weighted by atomic mass is 15.3. The lowest BCUT2D eigenvalue weighted by atomic mass is 10.1. The van der Waals surface area contributed by atoms with Crippen molar-refractivity contribution >= 4 is 0 Å². The highest BCUT2D eigenvalue weighted by Gasteiger charge is 2.24. The summed E-state index contributed by atoms with van der Waals surface area (Å²) < 4.78 is 1.86. The molecule has 1 atom stereocenters. The molecular formula is C12H21N3. The Labute approximate surface area is 91.9 Å². The van der Waals surface area contributed by atoms with Crippen LogP contribution in [0.4, 0.5) is 0 Å². The highest BCUT2D eigenvalue weighted by molar-refractivity contribution is 4.98. The molecule has 1 fully saturated rings. The zero-order valence-corrected chi connectivity index (χ0v) is 9.74. The molecule has 0 amide bonds. The van der Waals surface area contributed by atoms with Gasteiger partial charge in [-0.3, -0.25) is 4.68 Å². The minimum Gasteiger partial charge on any atom is -0.308 e. The third-order valence-corrected chi connectivity index (χ3v) is 3.15. The maximum atomic E-state index is 4.37.